The van der Waals surface area contributed by atoms with E-state index in [4.69, 9.17) is 16.6 Å². The highest BCUT2D eigenvalue weighted by molar-refractivity contribution is 5.82. The number of hydrogen-bond acceptors (Lipinski definition) is 6. The van der Waals surface area contributed by atoms with Gasteiger partial charge in [-0.05, 0) is 62.4 Å². The highest BCUT2D eigenvalue weighted by Crippen LogP contribution is 2.37. The van der Waals surface area contributed by atoms with E-state index < -0.39 is 30.0 Å². The molecule has 1 aliphatic rings. The molecular formula is C26H33F6N9. The molecule has 0 atom stereocenters. The Morgan fingerprint density at radius 2 is 1.66 bits per heavy atom. The van der Waals surface area contributed by atoms with Crippen molar-refractivity contribution >= 4 is 22.8 Å². The van der Waals surface area contributed by atoms with Crippen LogP contribution in [0.3, 0.4) is 0 Å². The first-order chi connectivity index (χ1) is 19.1. The third-order valence-corrected chi connectivity index (χ3v) is 6.88. The number of hydrazone groups is 1. The summed E-state index contributed by atoms with van der Waals surface area (Å²) in [4.78, 5) is 8.40. The molecule has 0 aliphatic heterocycles. The molecule has 1 fully saturated rings. The molecule has 1 aliphatic carbocycles. The second kappa shape index (κ2) is 11.3. The van der Waals surface area contributed by atoms with Gasteiger partial charge in [0.15, 0.2) is 5.65 Å². The molecule has 1 saturated carbocycles. The first-order valence-corrected chi connectivity index (χ1v) is 13.0. The van der Waals surface area contributed by atoms with Crippen molar-refractivity contribution in [1.82, 2.24) is 24.8 Å². The highest BCUT2D eigenvalue weighted by Gasteiger charge is 2.37. The number of halogens is 6. The normalized spacial score (nSPS) is 14.6. The maximum Gasteiger partial charge on any atom is 0.416 e. The smallest absolute Gasteiger partial charge is 0.368 e. The molecule has 2 aromatic heterocycles. The van der Waals surface area contributed by atoms with Crippen LogP contribution in [-0.2, 0) is 32.5 Å². The average molecular weight is 586 g/mol. The number of hydrogen-bond donors (Lipinski definition) is 2. The molecule has 1 aromatic carbocycles. The molecule has 2 heterocycles. The van der Waals surface area contributed by atoms with Crippen molar-refractivity contribution in [3.63, 3.8) is 0 Å². The van der Waals surface area contributed by atoms with Crippen molar-refractivity contribution in [3.8, 4) is 0 Å². The van der Waals surface area contributed by atoms with Gasteiger partial charge in [0.25, 0.3) is 0 Å². The Kier molecular flexibility index (Phi) is 8.30. The summed E-state index contributed by atoms with van der Waals surface area (Å²) in [7, 11) is 3.17. The lowest BCUT2D eigenvalue weighted by atomic mass is 10.0. The predicted molar refractivity (Wildman–Crippen MR) is 143 cm³/mol. The minimum Gasteiger partial charge on any atom is -0.368 e. The molecule has 9 nitrogen and oxygen atoms in total. The molecule has 0 amide bonds. The van der Waals surface area contributed by atoms with Gasteiger partial charge in [-0.3, -0.25) is 4.68 Å². The first kappa shape index (κ1) is 30.2. The quantitative estimate of drug-likeness (QED) is 0.125. The molecule has 41 heavy (non-hydrogen) atoms. The Labute approximate surface area is 233 Å². The van der Waals surface area contributed by atoms with Gasteiger partial charge in [-0.1, -0.05) is 0 Å². The maximum absolute atomic E-state index is 13.6. The van der Waals surface area contributed by atoms with Gasteiger partial charge in [-0.15, -0.1) is 5.10 Å². The van der Waals surface area contributed by atoms with Gasteiger partial charge >= 0.3 is 12.4 Å². The van der Waals surface area contributed by atoms with Crippen LogP contribution in [0.2, 0.25) is 0 Å². The lowest BCUT2D eigenvalue weighted by Crippen LogP contribution is -2.40. The molecule has 0 bridgehead atoms. The zero-order chi connectivity index (χ0) is 30.3. The second-order valence-electron chi connectivity index (χ2n) is 10.3. The van der Waals surface area contributed by atoms with Crippen molar-refractivity contribution in [2.24, 2.45) is 29.6 Å². The monoisotopic (exact) mass is 585 g/mol. The van der Waals surface area contributed by atoms with E-state index in [9.17, 15) is 26.3 Å². The molecule has 0 spiro atoms. The van der Waals surface area contributed by atoms with Gasteiger partial charge in [0.1, 0.15) is 5.82 Å². The van der Waals surface area contributed by atoms with Crippen LogP contribution < -0.4 is 16.5 Å². The first-order valence-electron chi connectivity index (χ1n) is 13.0. The summed E-state index contributed by atoms with van der Waals surface area (Å²) >= 11 is 0. The third-order valence-electron chi connectivity index (χ3n) is 6.88. The van der Waals surface area contributed by atoms with E-state index in [0.717, 1.165) is 35.6 Å². The van der Waals surface area contributed by atoms with E-state index >= 15 is 0 Å². The third kappa shape index (κ3) is 7.13. The van der Waals surface area contributed by atoms with Crippen molar-refractivity contribution < 1.29 is 26.3 Å². The van der Waals surface area contributed by atoms with Crippen LogP contribution in [0.1, 0.15) is 47.7 Å². The lowest BCUT2D eigenvalue weighted by Gasteiger charge is -2.29. The Morgan fingerprint density at radius 3 is 2.17 bits per heavy atom. The number of benzene rings is 1. The van der Waals surface area contributed by atoms with Crippen LogP contribution in [0.5, 0.6) is 0 Å². The summed E-state index contributed by atoms with van der Waals surface area (Å²) in [6, 6.07) is 3.34. The number of anilines is 1. The second-order valence-corrected chi connectivity index (χ2v) is 10.3. The van der Waals surface area contributed by atoms with Crippen LogP contribution in [0.25, 0.3) is 11.0 Å². The summed E-state index contributed by atoms with van der Waals surface area (Å²) in [5, 5.41) is 10.1. The summed E-state index contributed by atoms with van der Waals surface area (Å²) in [5.74, 6) is 6.61. The van der Waals surface area contributed by atoms with E-state index in [1.54, 1.807) is 11.7 Å². The van der Waals surface area contributed by atoms with Crippen LogP contribution in [0, 0.1) is 12.8 Å². The molecule has 4 N–H and O–H groups in total. The Bertz CT molecular complexity index is 1390. The minimum atomic E-state index is -4.98. The maximum atomic E-state index is 13.6. The number of hydrazine groups is 1. The van der Waals surface area contributed by atoms with E-state index in [1.165, 1.54) is 11.9 Å². The lowest BCUT2D eigenvalue weighted by molar-refractivity contribution is -0.143. The van der Waals surface area contributed by atoms with Crippen molar-refractivity contribution in [2.45, 2.75) is 52.1 Å². The highest BCUT2D eigenvalue weighted by atomic mass is 19.4. The van der Waals surface area contributed by atoms with Crippen molar-refractivity contribution in [3.05, 3.63) is 52.2 Å². The Hall–Kier alpha value is -3.75. The Balaban J connectivity index is 1.82. The molecular weight excluding hydrogens is 552 g/mol. The molecule has 0 radical (unpaired) electrons. The van der Waals surface area contributed by atoms with Crippen LogP contribution >= 0.6 is 0 Å². The van der Waals surface area contributed by atoms with Gasteiger partial charge in [-0.25, -0.2) is 15.9 Å². The summed E-state index contributed by atoms with van der Waals surface area (Å²) in [6.07, 6.45) is -7.76. The van der Waals surface area contributed by atoms with Crippen molar-refractivity contribution in [2.75, 3.05) is 25.0 Å². The van der Waals surface area contributed by atoms with Gasteiger partial charge in [0.05, 0.1) is 16.8 Å². The average Bonchev–Trinajstić information content (AvgIpc) is 3.64. The fourth-order valence-corrected chi connectivity index (χ4v) is 4.72. The number of guanidine groups is 1. The number of alkyl halides is 6. The summed E-state index contributed by atoms with van der Waals surface area (Å²) in [5.41, 5.74) is 5.18. The number of aromatic nitrogens is 3. The minimum absolute atomic E-state index is 0.0193. The van der Waals surface area contributed by atoms with Gasteiger partial charge < -0.3 is 15.5 Å². The molecule has 4 rings (SSSR count). The van der Waals surface area contributed by atoms with E-state index in [0.29, 0.717) is 41.6 Å². The molecule has 3 aromatic rings. The van der Waals surface area contributed by atoms with Crippen LogP contribution in [-0.4, -0.2) is 50.9 Å². The number of aryl methyl sites for hydroxylation is 2. The largest absolute Gasteiger partial charge is 0.416 e. The van der Waals surface area contributed by atoms with Gasteiger partial charge in [0, 0.05) is 51.2 Å². The number of fused-ring (bicyclic) bond motifs is 1. The number of rotatable bonds is 9. The topological polar surface area (TPSA) is 105 Å². The predicted octanol–water partition coefficient (Wildman–Crippen LogP) is 4.59. The van der Waals surface area contributed by atoms with E-state index in [-0.39, 0.29) is 24.1 Å². The zero-order valence-corrected chi connectivity index (χ0v) is 23.2. The van der Waals surface area contributed by atoms with E-state index in [1.807, 2.05) is 19.9 Å². The number of nitrogens with zero attached hydrogens (tertiary/aromatic N) is 7. The fourth-order valence-electron chi connectivity index (χ4n) is 4.72. The van der Waals surface area contributed by atoms with E-state index in [2.05, 4.69) is 15.1 Å². The SMILES string of the molecule is CCN(CC1CC1)c1nc2c(cc1CN(Cc1cc(C(F)(F)F)cc(C(F)(F)F)c1)/C(N)=N/N(C)N)c(C)nn2C. The van der Waals surface area contributed by atoms with Crippen LogP contribution in [0.4, 0.5) is 32.2 Å². The molecule has 0 saturated heterocycles. The molecule has 224 valence electrons. The number of pyridine rings is 1. The fraction of sp³-hybridized carbons (Fsp3) is 0.500. The standard InChI is InChI=1S/C26H33F6N9/c1-5-40(12-16-6-7-16)22-18(10-21-15(2)36-38(3)23(21)35-22)14-41(24(33)37-39(4)34)13-17-8-19(25(27,28)29)11-20(9-17)26(30,31)32/h8-11,16H,5-7,12-14,34H2,1-4H3,(H2,33,37). The van der Waals surface area contributed by atoms with Gasteiger partial charge in [-0.2, -0.15) is 31.4 Å². The summed E-state index contributed by atoms with van der Waals surface area (Å²) in [6.45, 7) is 4.79. The van der Waals surface area contributed by atoms with Crippen LogP contribution in [0.15, 0.2) is 29.4 Å². The van der Waals surface area contributed by atoms with Crippen molar-refractivity contribution in [1.29, 1.82) is 0 Å². The number of nitrogens with two attached hydrogens (primary N) is 2. The van der Waals surface area contributed by atoms with Gasteiger partial charge in [0.2, 0.25) is 5.96 Å². The molecule has 0 unspecified atom stereocenters. The molecule has 15 heteroatoms. The summed E-state index contributed by atoms with van der Waals surface area (Å²) < 4.78 is 83.0. The Morgan fingerprint density at radius 1 is 1.05 bits per heavy atom. The zero-order valence-electron chi connectivity index (χ0n) is 23.2.